The Morgan fingerprint density at radius 3 is 2.53 bits per heavy atom. The van der Waals surface area contributed by atoms with Crippen molar-refractivity contribution in [2.24, 2.45) is 0 Å². The fourth-order valence-corrected chi connectivity index (χ4v) is 5.41. The minimum Gasteiger partial charge on any atom is -0.296 e. The number of nitrogens with zero attached hydrogens (tertiary/aromatic N) is 2. The van der Waals surface area contributed by atoms with Gasteiger partial charge in [0.25, 0.3) is 15.9 Å². The lowest BCUT2D eigenvalue weighted by molar-refractivity contribution is 0.102. The van der Waals surface area contributed by atoms with E-state index in [2.05, 4.69) is 20.2 Å². The van der Waals surface area contributed by atoms with Crippen molar-refractivity contribution in [1.29, 1.82) is 0 Å². The van der Waals surface area contributed by atoms with Crippen LogP contribution >= 0.6 is 34.5 Å². The standard InChI is InChI=1S/C19H18Cl2N4O3S2/c1-10-4-5-11(2)15(8-10)12(3)25-30(27,28)19-24-23-18(29-19)22-17(26)14-7-6-13(20)9-16(14)21/h4-9,12,25H,1-3H3,(H,22,23,26)/t12-/m1/s1. The number of benzene rings is 2. The van der Waals surface area contributed by atoms with Crippen molar-refractivity contribution in [3.05, 3.63) is 68.7 Å². The van der Waals surface area contributed by atoms with Crippen LogP contribution in [0.4, 0.5) is 5.13 Å². The number of carbonyl (C=O) groups excluding carboxylic acids is 1. The van der Waals surface area contributed by atoms with Crippen LogP contribution in [0.15, 0.2) is 40.7 Å². The minimum absolute atomic E-state index is 0.0331. The van der Waals surface area contributed by atoms with E-state index in [1.54, 1.807) is 6.92 Å². The number of rotatable bonds is 6. The number of anilines is 1. The summed E-state index contributed by atoms with van der Waals surface area (Å²) in [6.45, 7) is 5.61. The summed E-state index contributed by atoms with van der Waals surface area (Å²) in [4.78, 5) is 12.4. The summed E-state index contributed by atoms with van der Waals surface area (Å²) < 4.78 is 27.8. The van der Waals surface area contributed by atoms with Gasteiger partial charge in [0.1, 0.15) is 0 Å². The first-order chi connectivity index (χ1) is 14.1. The van der Waals surface area contributed by atoms with Crippen molar-refractivity contribution in [3.63, 3.8) is 0 Å². The average molecular weight is 485 g/mol. The van der Waals surface area contributed by atoms with Crippen LogP contribution in [0.2, 0.25) is 10.0 Å². The summed E-state index contributed by atoms with van der Waals surface area (Å²) in [5.41, 5.74) is 3.06. The maximum atomic E-state index is 12.7. The summed E-state index contributed by atoms with van der Waals surface area (Å²) in [6.07, 6.45) is 0. The molecule has 1 amide bonds. The molecule has 11 heteroatoms. The molecule has 2 aromatic carbocycles. The van der Waals surface area contributed by atoms with Crippen molar-refractivity contribution >= 4 is 55.6 Å². The molecule has 3 rings (SSSR count). The van der Waals surface area contributed by atoms with Gasteiger partial charge in [-0.05, 0) is 50.1 Å². The molecule has 0 saturated carbocycles. The molecule has 0 unspecified atom stereocenters. The number of hydrogen-bond donors (Lipinski definition) is 2. The molecule has 1 heterocycles. The molecule has 0 aliphatic carbocycles. The summed E-state index contributed by atoms with van der Waals surface area (Å²) in [7, 11) is -3.93. The number of aryl methyl sites for hydroxylation is 2. The van der Waals surface area contributed by atoms with E-state index in [4.69, 9.17) is 23.2 Å². The molecule has 0 aliphatic heterocycles. The van der Waals surface area contributed by atoms with Gasteiger partial charge >= 0.3 is 0 Å². The molecule has 0 aliphatic rings. The molecular weight excluding hydrogens is 467 g/mol. The summed E-state index contributed by atoms with van der Waals surface area (Å²) >= 11 is 12.6. The minimum atomic E-state index is -3.93. The Kier molecular flexibility index (Phi) is 6.78. The monoisotopic (exact) mass is 484 g/mol. The SMILES string of the molecule is Cc1ccc(C)c([C@@H](C)NS(=O)(=O)c2nnc(NC(=O)c3ccc(Cl)cc3Cl)s2)c1. The van der Waals surface area contributed by atoms with Crippen molar-refractivity contribution in [2.75, 3.05) is 5.32 Å². The molecular formula is C19H18Cl2N4O3S2. The number of sulfonamides is 1. The highest BCUT2D eigenvalue weighted by atomic mass is 35.5. The van der Waals surface area contributed by atoms with E-state index in [0.29, 0.717) is 5.02 Å². The first kappa shape index (κ1) is 22.6. The van der Waals surface area contributed by atoms with Gasteiger partial charge in [-0.1, -0.05) is 58.3 Å². The van der Waals surface area contributed by atoms with Gasteiger partial charge in [0.15, 0.2) is 0 Å². The molecule has 30 heavy (non-hydrogen) atoms. The summed E-state index contributed by atoms with van der Waals surface area (Å²) in [5, 5.41) is 10.6. The highest BCUT2D eigenvalue weighted by molar-refractivity contribution is 7.91. The molecule has 0 spiro atoms. The van der Waals surface area contributed by atoms with Crippen LogP contribution in [0.25, 0.3) is 0 Å². The largest absolute Gasteiger partial charge is 0.296 e. The van der Waals surface area contributed by atoms with E-state index in [9.17, 15) is 13.2 Å². The van der Waals surface area contributed by atoms with Crippen molar-refractivity contribution in [3.8, 4) is 0 Å². The number of aromatic nitrogens is 2. The fraction of sp³-hybridized carbons (Fsp3) is 0.211. The van der Waals surface area contributed by atoms with E-state index in [1.807, 2.05) is 32.0 Å². The highest BCUT2D eigenvalue weighted by Crippen LogP contribution is 2.26. The Bertz CT molecular complexity index is 1210. The third-order valence-corrected chi connectivity index (χ3v) is 7.56. The van der Waals surface area contributed by atoms with E-state index in [1.165, 1.54) is 18.2 Å². The molecule has 0 radical (unpaired) electrons. The third-order valence-electron chi connectivity index (χ3n) is 4.27. The van der Waals surface area contributed by atoms with Crippen LogP contribution in [0.3, 0.4) is 0 Å². The Morgan fingerprint density at radius 2 is 1.83 bits per heavy atom. The quantitative estimate of drug-likeness (QED) is 0.491. The first-order valence-electron chi connectivity index (χ1n) is 8.76. The summed E-state index contributed by atoms with van der Waals surface area (Å²) in [6, 6.07) is 9.80. The van der Waals surface area contributed by atoms with Gasteiger partial charge < -0.3 is 0 Å². The molecule has 3 aromatic rings. The molecule has 1 aromatic heterocycles. The zero-order valence-electron chi connectivity index (χ0n) is 16.2. The van der Waals surface area contributed by atoms with Crippen molar-refractivity contribution < 1.29 is 13.2 Å². The van der Waals surface area contributed by atoms with Gasteiger partial charge in [0.2, 0.25) is 9.47 Å². The third kappa shape index (κ3) is 5.16. The predicted molar refractivity (Wildman–Crippen MR) is 119 cm³/mol. The van der Waals surface area contributed by atoms with Gasteiger partial charge in [-0.3, -0.25) is 10.1 Å². The Balaban J connectivity index is 1.75. The van der Waals surface area contributed by atoms with Crippen LogP contribution < -0.4 is 10.0 Å². The predicted octanol–water partition coefficient (Wildman–Crippen LogP) is 4.75. The van der Waals surface area contributed by atoms with E-state index in [0.717, 1.165) is 28.0 Å². The maximum absolute atomic E-state index is 12.7. The van der Waals surface area contributed by atoms with Crippen molar-refractivity contribution in [2.45, 2.75) is 31.2 Å². The number of carbonyl (C=O) groups is 1. The van der Waals surface area contributed by atoms with Crippen molar-refractivity contribution in [1.82, 2.24) is 14.9 Å². The van der Waals surface area contributed by atoms with Crippen LogP contribution in [-0.2, 0) is 10.0 Å². The molecule has 0 fully saturated rings. The summed E-state index contributed by atoms with van der Waals surface area (Å²) in [5.74, 6) is -0.548. The van der Waals surface area contributed by atoms with Crippen LogP contribution in [0.5, 0.6) is 0 Å². The van der Waals surface area contributed by atoms with Gasteiger partial charge in [-0.25, -0.2) is 13.1 Å². The smallest absolute Gasteiger partial charge is 0.270 e. The van der Waals surface area contributed by atoms with Gasteiger partial charge in [-0.2, -0.15) is 0 Å². The Morgan fingerprint density at radius 1 is 1.10 bits per heavy atom. The van der Waals surface area contributed by atoms with Gasteiger partial charge in [0, 0.05) is 11.1 Å². The Hall–Kier alpha value is -2.04. The van der Waals surface area contributed by atoms with E-state index in [-0.39, 0.29) is 20.1 Å². The first-order valence-corrected chi connectivity index (χ1v) is 11.8. The van der Waals surface area contributed by atoms with Gasteiger partial charge in [-0.15, -0.1) is 10.2 Å². The number of hydrogen-bond acceptors (Lipinski definition) is 6. The maximum Gasteiger partial charge on any atom is 0.270 e. The molecule has 0 saturated heterocycles. The topological polar surface area (TPSA) is 101 Å². The lowest BCUT2D eigenvalue weighted by Gasteiger charge is -2.16. The molecule has 1 atom stereocenters. The second-order valence-corrected chi connectivity index (χ2v) is 10.4. The number of amides is 1. The Labute approximate surface area is 188 Å². The fourth-order valence-electron chi connectivity index (χ4n) is 2.78. The van der Waals surface area contributed by atoms with E-state index >= 15 is 0 Å². The molecule has 158 valence electrons. The van der Waals surface area contributed by atoms with Gasteiger partial charge in [0.05, 0.1) is 10.6 Å². The second-order valence-electron chi connectivity index (χ2n) is 6.65. The number of nitrogens with one attached hydrogen (secondary N) is 2. The van der Waals surface area contributed by atoms with Crippen LogP contribution in [-0.4, -0.2) is 24.5 Å². The van der Waals surface area contributed by atoms with Crippen LogP contribution in [0, 0.1) is 13.8 Å². The second kappa shape index (κ2) is 8.99. The lowest BCUT2D eigenvalue weighted by atomic mass is 10.0. The normalized spacial score (nSPS) is 12.6. The molecule has 7 nitrogen and oxygen atoms in total. The highest BCUT2D eigenvalue weighted by Gasteiger charge is 2.24. The molecule has 2 N–H and O–H groups in total. The lowest BCUT2D eigenvalue weighted by Crippen LogP contribution is -2.27. The zero-order chi connectivity index (χ0) is 22.1. The van der Waals surface area contributed by atoms with Crippen LogP contribution in [0.1, 0.15) is 40.0 Å². The zero-order valence-corrected chi connectivity index (χ0v) is 19.4. The van der Waals surface area contributed by atoms with E-state index < -0.39 is 22.0 Å². The average Bonchev–Trinajstić information content (AvgIpc) is 3.12. The molecule has 0 bridgehead atoms. The number of halogens is 2.